The van der Waals surface area contributed by atoms with Crippen molar-refractivity contribution in [2.45, 2.75) is 25.5 Å². The quantitative estimate of drug-likeness (QED) is 0.837. The van der Waals surface area contributed by atoms with Crippen LogP contribution < -0.4 is 5.73 Å². The highest BCUT2D eigenvalue weighted by molar-refractivity contribution is 5.22. The van der Waals surface area contributed by atoms with Gasteiger partial charge >= 0.3 is 0 Å². The summed E-state index contributed by atoms with van der Waals surface area (Å²) in [6.07, 6.45) is 2.46. The molecule has 1 unspecified atom stereocenters. The summed E-state index contributed by atoms with van der Waals surface area (Å²) < 4.78 is 1.83. The molecule has 0 aliphatic carbocycles. The van der Waals surface area contributed by atoms with Gasteiger partial charge in [-0.3, -0.25) is 4.68 Å². The number of nitrogens with two attached hydrogens (primary N) is 1. The fourth-order valence-corrected chi connectivity index (χ4v) is 2.00. The minimum Gasteiger partial charge on any atom is -0.384 e. The summed E-state index contributed by atoms with van der Waals surface area (Å²) in [6, 6.07) is 11.5. The van der Waals surface area contributed by atoms with Gasteiger partial charge in [0.2, 0.25) is 0 Å². The average molecular weight is 245 g/mol. The maximum Gasteiger partial charge on any atom is 0.104 e. The second kappa shape index (κ2) is 5.33. The van der Waals surface area contributed by atoms with Crippen molar-refractivity contribution in [3.8, 4) is 0 Å². The zero-order valence-corrected chi connectivity index (χ0v) is 10.6. The van der Waals surface area contributed by atoms with Crippen LogP contribution in [0.15, 0.2) is 42.6 Å². The molecule has 1 aromatic heterocycles. The van der Waals surface area contributed by atoms with E-state index in [1.165, 1.54) is 0 Å². The lowest BCUT2D eigenvalue weighted by Crippen LogP contribution is -2.36. The van der Waals surface area contributed by atoms with Crippen LogP contribution >= 0.6 is 0 Å². The van der Waals surface area contributed by atoms with Crippen LogP contribution in [0.4, 0.5) is 0 Å². The molecule has 0 bridgehead atoms. The van der Waals surface area contributed by atoms with E-state index in [0.717, 1.165) is 11.3 Å². The van der Waals surface area contributed by atoms with E-state index in [4.69, 9.17) is 5.73 Å². The summed E-state index contributed by atoms with van der Waals surface area (Å²) in [5.74, 6) is 0. The Bertz CT molecular complexity index is 495. The van der Waals surface area contributed by atoms with Gasteiger partial charge in [0.15, 0.2) is 0 Å². The SMILES string of the molecule is Cc1ccn(CCC(O)(CN)c2ccccc2)n1. The number of benzene rings is 1. The van der Waals surface area contributed by atoms with Crippen LogP contribution in [0.2, 0.25) is 0 Å². The van der Waals surface area contributed by atoms with E-state index in [-0.39, 0.29) is 6.54 Å². The van der Waals surface area contributed by atoms with Gasteiger partial charge < -0.3 is 10.8 Å². The highest BCUT2D eigenvalue weighted by atomic mass is 16.3. The topological polar surface area (TPSA) is 64.1 Å². The summed E-state index contributed by atoms with van der Waals surface area (Å²) in [4.78, 5) is 0. The predicted molar refractivity (Wildman–Crippen MR) is 71.0 cm³/mol. The molecule has 1 aromatic carbocycles. The van der Waals surface area contributed by atoms with E-state index in [2.05, 4.69) is 5.10 Å². The first-order valence-electron chi connectivity index (χ1n) is 6.12. The minimum atomic E-state index is -0.985. The molecule has 2 aromatic rings. The largest absolute Gasteiger partial charge is 0.384 e. The zero-order chi connectivity index (χ0) is 13.0. The second-order valence-corrected chi connectivity index (χ2v) is 4.57. The highest BCUT2D eigenvalue weighted by Crippen LogP contribution is 2.24. The molecule has 2 rings (SSSR count). The number of hydrogen-bond donors (Lipinski definition) is 2. The molecule has 4 nitrogen and oxygen atoms in total. The molecule has 0 aliphatic heterocycles. The van der Waals surface area contributed by atoms with Crippen molar-refractivity contribution in [2.75, 3.05) is 6.54 Å². The van der Waals surface area contributed by atoms with E-state index in [1.54, 1.807) is 0 Å². The molecule has 1 heterocycles. The fourth-order valence-electron chi connectivity index (χ4n) is 2.00. The molecule has 0 aliphatic rings. The average Bonchev–Trinajstić information content (AvgIpc) is 2.83. The van der Waals surface area contributed by atoms with Gasteiger partial charge in [0, 0.05) is 25.7 Å². The van der Waals surface area contributed by atoms with E-state index in [1.807, 2.05) is 54.2 Å². The first-order chi connectivity index (χ1) is 8.64. The van der Waals surface area contributed by atoms with Crippen molar-refractivity contribution < 1.29 is 5.11 Å². The Morgan fingerprint density at radius 1 is 1.28 bits per heavy atom. The van der Waals surface area contributed by atoms with Crippen LogP contribution in [0.3, 0.4) is 0 Å². The van der Waals surface area contributed by atoms with E-state index in [9.17, 15) is 5.11 Å². The molecule has 18 heavy (non-hydrogen) atoms. The van der Waals surface area contributed by atoms with Crippen molar-refractivity contribution in [1.82, 2.24) is 9.78 Å². The van der Waals surface area contributed by atoms with Gasteiger partial charge in [-0.2, -0.15) is 5.10 Å². The van der Waals surface area contributed by atoms with Gasteiger partial charge in [-0.1, -0.05) is 30.3 Å². The Kier molecular flexibility index (Phi) is 3.79. The Balaban J connectivity index is 2.09. The molecule has 0 amide bonds. The van der Waals surface area contributed by atoms with E-state index in [0.29, 0.717) is 13.0 Å². The standard InChI is InChI=1S/C14H19N3O/c1-12-7-9-17(16-12)10-8-14(18,11-15)13-5-3-2-4-6-13/h2-7,9,18H,8,10-11,15H2,1H3. The predicted octanol–water partition coefficient (Wildman–Crippen LogP) is 1.43. The fraction of sp³-hybridized carbons (Fsp3) is 0.357. The molecular weight excluding hydrogens is 226 g/mol. The maximum atomic E-state index is 10.6. The summed E-state index contributed by atoms with van der Waals surface area (Å²) in [5, 5.41) is 14.9. The summed E-state index contributed by atoms with van der Waals surface area (Å²) in [6.45, 7) is 2.80. The number of hydrogen-bond acceptors (Lipinski definition) is 3. The smallest absolute Gasteiger partial charge is 0.104 e. The van der Waals surface area contributed by atoms with Gasteiger partial charge in [-0.05, 0) is 18.6 Å². The first kappa shape index (κ1) is 12.8. The van der Waals surface area contributed by atoms with Gasteiger partial charge in [0.05, 0.1) is 5.69 Å². The molecular formula is C14H19N3O. The van der Waals surface area contributed by atoms with Gasteiger partial charge in [-0.15, -0.1) is 0 Å². The number of aromatic nitrogens is 2. The third-order valence-electron chi connectivity index (χ3n) is 3.18. The van der Waals surface area contributed by atoms with Crippen molar-refractivity contribution in [2.24, 2.45) is 5.73 Å². The van der Waals surface area contributed by atoms with Crippen LogP contribution in [0.25, 0.3) is 0 Å². The van der Waals surface area contributed by atoms with Crippen LogP contribution in [-0.2, 0) is 12.1 Å². The Labute approximate surface area is 107 Å². The number of nitrogens with zero attached hydrogens (tertiary/aromatic N) is 2. The minimum absolute atomic E-state index is 0.206. The van der Waals surface area contributed by atoms with Crippen molar-refractivity contribution in [3.63, 3.8) is 0 Å². The molecule has 1 atom stereocenters. The first-order valence-corrected chi connectivity index (χ1v) is 6.12. The second-order valence-electron chi connectivity index (χ2n) is 4.57. The van der Waals surface area contributed by atoms with Gasteiger partial charge in [-0.25, -0.2) is 0 Å². The molecule has 0 saturated carbocycles. The van der Waals surface area contributed by atoms with Crippen LogP contribution in [0.1, 0.15) is 17.7 Å². The number of rotatable bonds is 5. The van der Waals surface area contributed by atoms with Crippen molar-refractivity contribution >= 4 is 0 Å². The van der Waals surface area contributed by atoms with E-state index >= 15 is 0 Å². The lowest BCUT2D eigenvalue weighted by Gasteiger charge is -2.27. The van der Waals surface area contributed by atoms with Gasteiger partial charge in [0.1, 0.15) is 5.60 Å². The molecule has 0 saturated heterocycles. The lowest BCUT2D eigenvalue weighted by atomic mass is 9.90. The lowest BCUT2D eigenvalue weighted by molar-refractivity contribution is 0.0312. The molecule has 4 heteroatoms. The molecule has 96 valence electrons. The summed E-state index contributed by atoms with van der Waals surface area (Å²) in [5.41, 5.74) is 6.58. The highest BCUT2D eigenvalue weighted by Gasteiger charge is 2.27. The normalized spacial score (nSPS) is 14.4. The summed E-state index contributed by atoms with van der Waals surface area (Å²) in [7, 11) is 0. The van der Waals surface area contributed by atoms with Crippen LogP contribution in [0.5, 0.6) is 0 Å². The van der Waals surface area contributed by atoms with Crippen LogP contribution in [0, 0.1) is 6.92 Å². The maximum absolute atomic E-state index is 10.6. The third kappa shape index (κ3) is 2.78. The summed E-state index contributed by atoms with van der Waals surface area (Å²) >= 11 is 0. The Morgan fingerprint density at radius 2 is 2.00 bits per heavy atom. The number of aryl methyl sites for hydroxylation is 2. The molecule has 0 fully saturated rings. The Hall–Kier alpha value is -1.65. The van der Waals surface area contributed by atoms with Crippen molar-refractivity contribution in [1.29, 1.82) is 0 Å². The molecule has 0 radical (unpaired) electrons. The van der Waals surface area contributed by atoms with Crippen LogP contribution in [-0.4, -0.2) is 21.4 Å². The monoisotopic (exact) mass is 245 g/mol. The third-order valence-corrected chi connectivity index (χ3v) is 3.18. The number of aliphatic hydroxyl groups is 1. The molecule has 3 N–H and O–H groups in total. The van der Waals surface area contributed by atoms with Crippen molar-refractivity contribution in [3.05, 3.63) is 53.9 Å². The zero-order valence-electron chi connectivity index (χ0n) is 10.6. The van der Waals surface area contributed by atoms with Gasteiger partial charge in [0.25, 0.3) is 0 Å². The molecule has 0 spiro atoms. The Morgan fingerprint density at radius 3 is 2.56 bits per heavy atom. The van der Waals surface area contributed by atoms with E-state index < -0.39 is 5.60 Å².